The molecule has 2 N–H and O–H groups in total. The molecule has 1 aromatic carbocycles. The number of hydrogen-bond donors (Lipinski definition) is 2. The van der Waals surface area contributed by atoms with Gasteiger partial charge < -0.3 is 10.1 Å². The number of nitrogens with one attached hydrogen (secondary N) is 2. The zero-order valence-electron chi connectivity index (χ0n) is 11.4. The van der Waals surface area contributed by atoms with E-state index in [1.165, 1.54) is 0 Å². The predicted molar refractivity (Wildman–Crippen MR) is 74.6 cm³/mol. The average molecular weight is 272 g/mol. The van der Waals surface area contributed by atoms with E-state index >= 15 is 0 Å². The van der Waals surface area contributed by atoms with E-state index < -0.39 is 0 Å². The van der Waals surface area contributed by atoms with Crippen LogP contribution in [0.5, 0.6) is 5.75 Å². The Morgan fingerprint density at radius 2 is 2.30 bits per heavy atom. The molecular weight excluding hydrogens is 256 g/mol. The lowest BCUT2D eigenvalue weighted by Gasteiger charge is -2.24. The van der Waals surface area contributed by atoms with Crippen LogP contribution < -0.4 is 15.4 Å². The summed E-state index contributed by atoms with van der Waals surface area (Å²) in [6.45, 7) is 0.529. The molecule has 6 heteroatoms. The van der Waals surface area contributed by atoms with Crippen molar-refractivity contribution in [3.8, 4) is 17.0 Å². The summed E-state index contributed by atoms with van der Waals surface area (Å²) in [5, 5.41) is 10.5. The third-order valence-electron chi connectivity index (χ3n) is 3.42. The smallest absolute Gasteiger partial charge is 0.269 e. The van der Waals surface area contributed by atoms with Crippen molar-refractivity contribution >= 4 is 5.91 Å². The first kappa shape index (κ1) is 12.7. The second kappa shape index (κ2) is 4.97. The Hall–Kier alpha value is -2.34. The summed E-state index contributed by atoms with van der Waals surface area (Å²) in [5.41, 5.74) is 2.25. The Morgan fingerprint density at radius 3 is 3.05 bits per heavy atom. The molecule has 1 atom stereocenters. The number of ether oxygens (including phenoxy) is 1. The lowest BCUT2D eigenvalue weighted by Crippen LogP contribution is -2.44. The minimum atomic E-state index is -0.0989. The summed E-state index contributed by atoms with van der Waals surface area (Å²) < 4.78 is 6.95. The van der Waals surface area contributed by atoms with E-state index in [2.05, 4.69) is 15.7 Å². The van der Waals surface area contributed by atoms with Crippen molar-refractivity contribution < 1.29 is 9.53 Å². The highest BCUT2D eigenvalue weighted by Crippen LogP contribution is 2.25. The third-order valence-corrected chi connectivity index (χ3v) is 3.42. The Kier molecular flexibility index (Phi) is 3.15. The van der Waals surface area contributed by atoms with Crippen molar-refractivity contribution in [2.45, 2.75) is 6.17 Å². The number of fused-ring (bicyclic) bond motifs is 1. The zero-order chi connectivity index (χ0) is 14.1. The van der Waals surface area contributed by atoms with Crippen LogP contribution in [0.25, 0.3) is 11.3 Å². The number of carbonyl (C=O) groups is 1. The molecule has 0 saturated heterocycles. The summed E-state index contributed by atoms with van der Waals surface area (Å²) in [6, 6.07) is 9.43. The van der Waals surface area contributed by atoms with E-state index in [9.17, 15) is 4.79 Å². The standard InChI is InChI=1S/C14H16N4O2/c1-15-13-8-16-14(19)12-7-11(17-18(12)13)9-4-3-5-10(6-9)20-2/h3-7,13,15H,8H2,1-2H3,(H,16,19)/t13-/m1/s1. The molecule has 0 saturated carbocycles. The average Bonchev–Trinajstić information content (AvgIpc) is 2.94. The van der Waals surface area contributed by atoms with E-state index in [4.69, 9.17) is 4.74 Å². The van der Waals surface area contributed by atoms with Crippen LogP contribution in [0.2, 0.25) is 0 Å². The predicted octanol–water partition coefficient (Wildman–Crippen LogP) is 1.02. The zero-order valence-corrected chi connectivity index (χ0v) is 11.4. The highest BCUT2D eigenvalue weighted by Gasteiger charge is 2.26. The number of rotatable bonds is 3. The Bertz CT molecular complexity index is 650. The minimum Gasteiger partial charge on any atom is -0.497 e. The maximum Gasteiger partial charge on any atom is 0.269 e. The highest BCUT2D eigenvalue weighted by molar-refractivity contribution is 5.94. The summed E-state index contributed by atoms with van der Waals surface area (Å²) in [7, 11) is 3.47. The van der Waals surface area contributed by atoms with Crippen molar-refractivity contribution in [2.75, 3.05) is 20.7 Å². The van der Waals surface area contributed by atoms with E-state index in [0.29, 0.717) is 12.2 Å². The first-order valence-corrected chi connectivity index (χ1v) is 6.42. The fourth-order valence-electron chi connectivity index (χ4n) is 2.32. The number of likely N-dealkylation sites (N-methyl/N-ethyl adjacent to an activating group) is 1. The van der Waals surface area contributed by atoms with Gasteiger partial charge in [-0.1, -0.05) is 12.1 Å². The van der Waals surface area contributed by atoms with Crippen LogP contribution in [0.15, 0.2) is 30.3 Å². The summed E-state index contributed by atoms with van der Waals surface area (Å²) >= 11 is 0. The molecular formula is C14H16N4O2. The normalized spacial score (nSPS) is 17.5. The van der Waals surface area contributed by atoms with Crippen molar-refractivity contribution in [1.82, 2.24) is 20.4 Å². The van der Waals surface area contributed by atoms with Gasteiger partial charge in [0.1, 0.15) is 17.6 Å². The number of nitrogens with zero attached hydrogens (tertiary/aromatic N) is 2. The van der Waals surface area contributed by atoms with E-state index in [1.54, 1.807) is 17.9 Å². The van der Waals surface area contributed by atoms with Crippen LogP contribution in [0.4, 0.5) is 0 Å². The second-order valence-corrected chi connectivity index (χ2v) is 4.61. The van der Waals surface area contributed by atoms with Crippen LogP contribution in [0, 0.1) is 0 Å². The van der Waals surface area contributed by atoms with Gasteiger partial charge in [-0.25, -0.2) is 4.68 Å². The molecule has 0 bridgehead atoms. The number of benzene rings is 1. The maximum absolute atomic E-state index is 11.9. The van der Waals surface area contributed by atoms with Gasteiger partial charge in [0.15, 0.2) is 0 Å². The van der Waals surface area contributed by atoms with Gasteiger partial charge in [-0.3, -0.25) is 10.1 Å². The van der Waals surface area contributed by atoms with Gasteiger partial charge in [0.25, 0.3) is 5.91 Å². The minimum absolute atomic E-state index is 0.0259. The SMILES string of the molecule is CN[C@H]1CNC(=O)c2cc(-c3cccc(OC)c3)nn21. The Balaban J connectivity index is 2.05. The molecule has 0 fully saturated rings. The lowest BCUT2D eigenvalue weighted by atomic mass is 10.1. The second-order valence-electron chi connectivity index (χ2n) is 4.61. The van der Waals surface area contributed by atoms with Gasteiger partial charge in [-0.2, -0.15) is 5.10 Å². The molecule has 0 spiro atoms. The van der Waals surface area contributed by atoms with Crippen molar-refractivity contribution in [3.05, 3.63) is 36.0 Å². The fraction of sp³-hybridized carbons (Fsp3) is 0.286. The van der Waals surface area contributed by atoms with Crippen molar-refractivity contribution in [3.63, 3.8) is 0 Å². The molecule has 0 aliphatic carbocycles. The third kappa shape index (κ3) is 2.04. The molecule has 1 aliphatic rings. The number of hydrogen-bond acceptors (Lipinski definition) is 4. The summed E-state index contributed by atoms with van der Waals surface area (Å²) in [4.78, 5) is 11.9. The van der Waals surface area contributed by atoms with Gasteiger partial charge in [0, 0.05) is 5.56 Å². The summed E-state index contributed by atoms with van der Waals surface area (Å²) in [5.74, 6) is 0.668. The molecule has 0 unspecified atom stereocenters. The monoisotopic (exact) mass is 272 g/mol. The molecule has 20 heavy (non-hydrogen) atoms. The highest BCUT2D eigenvalue weighted by atomic mass is 16.5. The number of methoxy groups -OCH3 is 1. The molecule has 3 rings (SSSR count). The largest absolute Gasteiger partial charge is 0.497 e. The van der Waals surface area contributed by atoms with E-state index in [-0.39, 0.29) is 12.1 Å². The number of amides is 1. The molecule has 0 radical (unpaired) electrons. The van der Waals surface area contributed by atoms with Crippen LogP contribution >= 0.6 is 0 Å². The molecule has 1 aliphatic heterocycles. The fourth-order valence-corrected chi connectivity index (χ4v) is 2.32. The van der Waals surface area contributed by atoms with Crippen molar-refractivity contribution in [1.29, 1.82) is 0 Å². The van der Waals surface area contributed by atoms with E-state index in [1.807, 2.05) is 31.3 Å². The van der Waals surface area contributed by atoms with Crippen LogP contribution in [0.3, 0.4) is 0 Å². The van der Waals surface area contributed by atoms with E-state index in [0.717, 1.165) is 17.0 Å². The Labute approximate surface area is 116 Å². The van der Waals surface area contributed by atoms with Crippen LogP contribution in [-0.2, 0) is 0 Å². The quantitative estimate of drug-likeness (QED) is 0.875. The molecule has 1 aromatic heterocycles. The number of carbonyl (C=O) groups excluding carboxylic acids is 1. The van der Waals surface area contributed by atoms with Crippen LogP contribution in [0.1, 0.15) is 16.7 Å². The van der Waals surface area contributed by atoms with Gasteiger partial charge in [-0.05, 0) is 25.2 Å². The molecule has 2 aromatic rings. The Morgan fingerprint density at radius 1 is 1.45 bits per heavy atom. The first-order chi connectivity index (χ1) is 9.72. The topological polar surface area (TPSA) is 68.2 Å². The molecule has 2 heterocycles. The number of aromatic nitrogens is 2. The molecule has 6 nitrogen and oxygen atoms in total. The van der Waals surface area contributed by atoms with Crippen molar-refractivity contribution in [2.24, 2.45) is 0 Å². The van der Waals surface area contributed by atoms with Crippen LogP contribution in [-0.4, -0.2) is 36.4 Å². The van der Waals surface area contributed by atoms with Gasteiger partial charge in [0.2, 0.25) is 0 Å². The van der Waals surface area contributed by atoms with Gasteiger partial charge in [-0.15, -0.1) is 0 Å². The maximum atomic E-state index is 11.9. The molecule has 104 valence electrons. The lowest BCUT2D eigenvalue weighted by molar-refractivity contribution is 0.0903. The van der Waals surface area contributed by atoms with Gasteiger partial charge >= 0.3 is 0 Å². The molecule has 1 amide bonds. The van der Waals surface area contributed by atoms with Gasteiger partial charge in [0.05, 0.1) is 19.3 Å². The first-order valence-electron chi connectivity index (χ1n) is 6.42. The summed E-state index contributed by atoms with van der Waals surface area (Å²) in [6.07, 6.45) is -0.0259.